The lowest BCUT2D eigenvalue weighted by Crippen LogP contribution is -2.79. The van der Waals surface area contributed by atoms with Gasteiger partial charge < -0.3 is 119 Å². The van der Waals surface area contributed by atoms with Gasteiger partial charge >= 0.3 is 17.9 Å². The summed E-state index contributed by atoms with van der Waals surface area (Å²) >= 11 is 0. The molecule has 31 atom stereocenters. The first kappa shape index (κ1) is 69.4. The molecule has 0 amide bonds. The molecule has 0 bridgehead atoms. The number of hydrogen-bond donors (Lipinski definition) is 15. The Kier molecular flexibility index (Phi) is 19.5. The normalized spacial score (nSPS) is 51.7. The lowest BCUT2D eigenvalue weighted by Gasteiger charge is -2.72. The van der Waals surface area contributed by atoms with Gasteiger partial charge in [-0.05, 0) is 105 Å². The lowest BCUT2D eigenvalue weighted by atomic mass is 9.33. The number of carboxylic acids is 1. The smallest absolute Gasteiger partial charge is 0.335 e. The number of carboxylic acid groups (broad SMARTS) is 1. The Bertz CT molecular complexity index is 2620. The maximum absolute atomic E-state index is 13.6. The number of hydrogen-bond acceptors (Lipinski definition) is 26. The van der Waals surface area contributed by atoms with Crippen LogP contribution in [0, 0.1) is 50.2 Å². The summed E-state index contributed by atoms with van der Waals surface area (Å²) in [6.45, 7) is 17.6. The fourth-order valence-electron chi connectivity index (χ4n) is 18.1. The summed E-state index contributed by atoms with van der Waals surface area (Å²) in [5.41, 5.74) is -7.03. The number of esters is 2. The van der Waals surface area contributed by atoms with E-state index in [1.54, 1.807) is 19.9 Å². The van der Waals surface area contributed by atoms with Crippen molar-refractivity contribution in [2.24, 2.45) is 50.2 Å². The second kappa shape index (κ2) is 24.7. The van der Waals surface area contributed by atoms with Crippen LogP contribution in [-0.2, 0) is 57.0 Å². The monoisotopic (exact) mass is 1260 g/mol. The second-order valence-electron chi connectivity index (χ2n) is 28.7. The molecule has 0 spiro atoms. The van der Waals surface area contributed by atoms with Gasteiger partial charge in [-0.15, -0.1) is 0 Å². The van der Waals surface area contributed by atoms with E-state index in [-0.39, 0.29) is 24.7 Å². The van der Waals surface area contributed by atoms with Crippen LogP contribution in [-0.4, -0.2) is 261 Å². The molecule has 15 N–H and O–H groups in total. The Morgan fingerprint density at radius 2 is 1.26 bits per heavy atom. The molecule has 9 aliphatic rings. The van der Waals surface area contributed by atoms with Gasteiger partial charge in [0.25, 0.3) is 0 Å². The third-order valence-corrected chi connectivity index (χ3v) is 23.4. The van der Waals surface area contributed by atoms with E-state index >= 15 is 0 Å². The zero-order valence-corrected chi connectivity index (χ0v) is 51.8. The van der Waals surface area contributed by atoms with Crippen LogP contribution < -0.4 is 0 Å². The summed E-state index contributed by atoms with van der Waals surface area (Å²) in [6, 6.07) is 0. The van der Waals surface area contributed by atoms with Crippen LogP contribution in [0.15, 0.2) is 23.3 Å². The molecule has 8 fully saturated rings. The van der Waals surface area contributed by atoms with E-state index in [2.05, 4.69) is 26.8 Å². The van der Waals surface area contributed by atoms with Gasteiger partial charge in [-0.3, -0.25) is 4.79 Å². The molecule has 0 aromatic rings. The van der Waals surface area contributed by atoms with E-state index in [0.29, 0.717) is 37.7 Å². The third-order valence-electron chi connectivity index (χ3n) is 23.4. The van der Waals surface area contributed by atoms with Crippen LogP contribution in [0.1, 0.15) is 121 Å². The van der Waals surface area contributed by atoms with Gasteiger partial charge in [0.1, 0.15) is 97.7 Å². The minimum Gasteiger partial charge on any atom is -0.479 e. The molecular weight excluding hydrogens is 1160 g/mol. The van der Waals surface area contributed by atoms with Crippen molar-refractivity contribution < 1.29 is 134 Å². The van der Waals surface area contributed by atoms with Crippen molar-refractivity contribution in [3.05, 3.63) is 23.3 Å². The first-order valence-electron chi connectivity index (χ1n) is 30.8. The van der Waals surface area contributed by atoms with Gasteiger partial charge in [-0.25, -0.2) is 9.59 Å². The number of ether oxygens (including phenoxy) is 9. The van der Waals surface area contributed by atoms with Crippen molar-refractivity contribution in [3.63, 3.8) is 0 Å². The summed E-state index contributed by atoms with van der Waals surface area (Å²) in [7, 11) is 0. The summed E-state index contributed by atoms with van der Waals surface area (Å²) in [5, 5.41) is 171. The Morgan fingerprint density at radius 1 is 0.659 bits per heavy atom. The zero-order valence-electron chi connectivity index (χ0n) is 51.8. The van der Waals surface area contributed by atoms with Crippen molar-refractivity contribution >= 4 is 17.9 Å². The second-order valence-corrected chi connectivity index (χ2v) is 28.7. The molecule has 4 saturated heterocycles. The summed E-state index contributed by atoms with van der Waals surface area (Å²) in [5.74, 6) is -4.00. The molecule has 27 nitrogen and oxygen atoms in total. The zero-order chi connectivity index (χ0) is 65.2. The molecular formula is C61H96O27. The highest BCUT2D eigenvalue weighted by molar-refractivity contribution is 5.87. The number of carbonyl (C=O) groups excluding carboxylic acids is 2. The number of carbonyl (C=O) groups is 3. The van der Waals surface area contributed by atoms with Crippen LogP contribution in [0.4, 0.5) is 0 Å². The van der Waals surface area contributed by atoms with E-state index in [1.807, 2.05) is 27.7 Å². The number of allylic oxidation sites excluding steroid dienone is 3. The van der Waals surface area contributed by atoms with Crippen LogP contribution in [0.2, 0.25) is 0 Å². The molecule has 5 aliphatic carbocycles. The summed E-state index contributed by atoms with van der Waals surface area (Å²) in [6.07, 6.45) is -37.5. The molecule has 4 heterocycles. The summed E-state index contributed by atoms with van der Waals surface area (Å²) in [4.78, 5) is 39.9. The molecule has 0 aromatic heterocycles. The van der Waals surface area contributed by atoms with E-state index in [4.69, 9.17) is 42.6 Å². The van der Waals surface area contributed by atoms with E-state index in [0.717, 1.165) is 5.57 Å². The molecule has 4 saturated carbocycles. The van der Waals surface area contributed by atoms with Crippen molar-refractivity contribution in [1.29, 1.82) is 0 Å². The lowest BCUT2D eigenvalue weighted by molar-refractivity contribution is -0.420. The Hall–Kier alpha value is -2.95. The van der Waals surface area contributed by atoms with Gasteiger partial charge in [0, 0.05) is 17.9 Å². The summed E-state index contributed by atoms with van der Waals surface area (Å²) < 4.78 is 55.2. The minimum absolute atomic E-state index is 0.0783. The molecule has 9 rings (SSSR count). The molecule has 27 heteroatoms. The predicted molar refractivity (Wildman–Crippen MR) is 299 cm³/mol. The molecule has 502 valence electrons. The van der Waals surface area contributed by atoms with Crippen LogP contribution in [0.25, 0.3) is 0 Å². The Labute approximate surface area is 511 Å². The first-order chi connectivity index (χ1) is 40.9. The highest BCUT2D eigenvalue weighted by Gasteiger charge is 2.75. The number of aliphatic carboxylic acids is 1. The number of aliphatic hydroxyl groups excluding tert-OH is 13. The van der Waals surface area contributed by atoms with Crippen LogP contribution in [0.3, 0.4) is 0 Å². The van der Waals surface area contributed by atoms with E-state index < -0.39 is 223 Å². The van der Waals surface area contributed by atoms with Crippen molar-refractivity contribution in [1.82, 2.24) is 0 Å². The van der Waals surface area contributed by atoms with Gasteiger partial charge in [0.2, 0.25) is 0 Å². The average molecular weight is 1260 g/mol. The molecule has 0 unspecified atom stereocenters. The fourth-order valence-corrected chi connectivity index (χ4v) is 18.1. The third kappa shape index (κ3) is 10.8. The number of fused-ring (bicyclic) bond motifs is 7. The maximum Gasteiger partial charge on any atom is 0.335 e. The Balaban J connectivity index is 1.09. The topological polar surface area (TPSA) is 438 Å². The quantitative estimate of drug-likeness (QED) is 0.0385. The molecule has 88 heavy (non-hydrogen) atoms. The van der Waals surface area contributed by atoms with Crippen LogP contribution >= 0.6 is 0 Å². The standard InChI is InChI=1S/C61H96O27/c1-12-24(2)51(78)87-47-48(81-26(4)65)60(23-64)28(19-55(47,5)6)27-13-14-32-57(9)17-16-34(56(7,8)31(57)15-18-58(32,10)59(27,11)20-33(60)66)84-54-49(88-53-42(74)39(71)36(68)30(22-63)83-53)61(79,45(75)44(86-54)50(76)77)46-43(40(72)37(69)29(21-62)82-46)85-52-41(73)38(70)35(67)25(3)80-52/h12-13,25,28-49,52-54,62-64,66-75,79H,14-23H2,1-11H3,(H,76,77)/b24-12-/t25-,28-,29+,30+,31-,32+,33+,34-,35-,36+,37-,38+,39-,40-,41+,42+,43+,44-,45+,46+,47+,48-,49-,52-,53-,54+,57-,58+,59+,60-,61+/m0/s1. The highest BCUT2D eigenvalue weighted by atomic mass is 16.8. The van der Waals surface area contributed by atoms with Gasteiger partial charge in [-0.1, -0.05) is 66.2 Å². The highest BCUT2D eigenvalue weighted by Crippen LogP contribution is 2.76. The first-order valence-corrected chi connectivity index (χ1v) is 30.8. The molecule has 4 aliphatic heterocycles. The van der Waals surface area contributed by atoms with Crippen molar-refractivity contribution in [2.75, 3.05) is 19.8 Å². The maximum atomic E-state index is 13.6. The Morgan fingerprint density at radius 3 is 1.85 bits per heavy atom. The van der Waals surface area contributed by atoms with Crippen LogP contribution in [0.5, 0.6) is 0 Å². The van der Waals surface area contributed by atoms with Gasteiger partial charge in [0.15, 0.2) is 30.6 Å². The largest absolute Gasteiger partial charge is 0.479 e. The SMILES string of the molecule is C/C=C(/C)C(=O)O[C@@H]1[C@H](OC(C)=O)[C@]2(CO)[C@H](O)C[C@]3(C)C(=CC[C@@H]4[C@@]5(C)CC[C@H](O[C@@H]6O[C@H](C(=O)O)[C@@H](O)[C@@](O)([C@@H]7O[C@H](CO)[C@H](O)[C@H](O)[C@H]7O[C@@H]7O[C@@H](C)[C@H](O)[C@@H](O)[C@H]7O)[C@H]6O[C@@H]6O[C@H](CO)[C@@H](O)[C@H](O)[C@H]6O)C(C)(C)[C@@H]5CC[C@]43C)[C@@H]2CC1(C)C. The molecule has 0 aromatic carbocycles. The fraction of sp³-hybridized carbons (Fsp3) is 0.885. The average Bonchev–Trinajstić information content (AvgIpc) is 0.759. The van der Waals surface area contributed by atoms with Gasteiger partial charge in [0.05, 0.1) is 43.5 Å². The number of rotatable bonds is 14. The van der Waals surface area contributed by atoms with Crippen molar-refractivity contribution in [2.45, 2.75) is 268 Å². The predicted octanol–water partition coefficient (Wildman–Crippen LogP) is -2.05. The van der Waals surface area contributed by atoms with E-state index in [1.165, 1.54) is 13.8 Å². The minimum atomic E-state index is -3.41. The van der Waals surface area contributed by atoms with E-state index in [9.17, 15) is 91.0 Å². The van der Waals surface area contributed by atoms with Crippen molar-refractivity contribution in [3.8, 4) is 0 Å². The molecule has 0 radical (unpaired) electrons. The van der Waals surface area contributed by atoms with Gasteiger partial charge in [-0.2, -0.15) is 0 Å². The number of aliphatic hydroxyl groups is 14.